The van der Waals surface area contributed by atoms with Crippen molar-refractivity contribution < 1.29 is 9.90 Å². The fourth-order valence-electron chi connectivity index (χ4n) is 2.08. The number of aliphatic hydroxyl groups is 1. The van der Waals surface area contributed by atoms with Gasteiger partial charge in [-0.25, -0.2) is 0 Å². The van der Waals surface area contributed by atoms with E-state index in [4.69, 9.17) is 0 Å². The predicted octanol–water partition coefficient (Wildman–Crippen LogP) is 4.63. The second kappa shape index (κ2) is 7.20. The van der Waals surface area contributed by atoms with Crippen LogP contribution in [0, 0.1) is 0 Å². The fraction of sp³-hybridized carbons (Fsp3) is 0.562. The Kier molecular flexibility index (Phi) is 5.90. The lowest BCUT2D eigenvalue weighted by Gasteiger charge is -2.13. The van der Waals surface area contributed by atoms with Crippen LogP contribution in [0.3, 0.4) is 0 Å². The SMILES string of the molecule is CC(C)=CCC/C(C)=C/CC1=C(O)CCCC1=O. The molecule has 0 aliphatic heterocycles. The van der Waals surface area contributed by atoms with Crippen LogP contribution in [0.1, 0.15) is 59.3 Å². The third-order valence-electron chi connectivity index (χ3n) is 3.25. The number of hydrogen-bond donors (Lipinski definition) is 1. The van der Waals surface area contributed by atoms with E-state index in [0.717, 1.165) is 19.3 Å². The van der Waals surface area contributed by atoms with Crippen LogP contribution in [0.25, 0.3) is 0 Å². The number of hydrogen-bond acceptors (Lipinski definition) is 2. The first kappa shape index (κ1) is 14.7. The van der Waals surface area contributed by atoms with Crippen molar-refractivity contribution in [2.75, 3.05) is 0 Å². The summed E-state index contributed by atoms with van der Waals surface area (Å²) >= 11 is 0. The first-order valence-electron chi connectivity index (χ1n) is 6.74. The molecule has 1 rings (SSSR count). The molecule has 0 aromatic carbocycles. The molecule has 0 heterocycles. The molecule has 1 N–H and O–H groups in total. The van der Waals surface area contributed by atoms with Gasteiger partial charge in [-0.15, -0.1) is 0 Å². The maximum absolute atomic E-state index is 11.7. The molecular formula is C16H24O2. The number of aliphatic hydroxyl groups excluding tert-OH is 1. The molecule has 0 atom stereocenters. The van der Waals surface area contributed by atoms with E-state index in [2.05, 4.69) is 32.9 Å². The first-order chi connectivity index (χ1) is 8.50. The molecule has 1 aliphatic rings. The second-order valence-electron chi connectivity index (χ2n) is 5.28. The average Bonchev–Trinajstić information content (AvgIpc) is 2.27. The van der Waals surface area contributed by atoms with E-state index in [9.17, 15) is 9.90 Å². The maximum Gasteiger partial charge on any atom is 0.162 e. The Balaban J connectivity index is 2.52. The summed E-state index contributed by atoms with van der Waals surface area (Å²) in [4.78, 5) is 11.7. The monoisotopic (exact) mass is 248 g/mol. The van der Waals surface area contributed by atoms with E-state index >= 15 is 0 Å². The van der Waals surface area contributed by atoms with Crippen LogP contribution in [-0.4, -0.2) is 10.9 Å². The van der Waals surface area contributed by atoms with Gasteiger partial charge in [-0.05, 0) is 46.5 Å². The maximum atomic E-state index is 11.7. The van der Waals surface area contributed by atoms with Crippen molar-refractivity contribution in [2.24, 2.45) is 0 Å². The Morgan fingerprint density at radius 1 is 1.22 bits per heavy atom. The van der Waals surface area contributed by atoms with Crippen LogP contribution in [0.2, 0.25) is 0 Å². The summed E-state index contributed by atoms with van der Waals surface area (Å²) in [5.41, 5.74) is 3.25. The van der Waals surface area contributed by atoms with Gasteiger partial charge in [0.2, 0.25) is 0 Å². The summed E-state index contributed by atoms with van der Waals surface area (Å²) in [5, 5.41) is 9.72. The molecule has 0 saturated heterocycles. The predicted molar refractivity (Wildman–Crippen MR) is 75.6 cm³/mol. The van der Waals surface area contributed by atoms with Crippen LogP contribution in [0.4, 0.5) is 0 Å². The molecule has 1 aliphatic carbocycles. The van der Waals surface area contributed by atoms with Gasteiger partial charge in [-0.3, -0.25) is 4.79 Å². The average molecular weight is 248 g/mol. The highest BCUT2D eigenvalue weighted by atomic mass is 16.3. The molecular weight excluding hydrogens is 224 g/mol. The van der Waals surface area contributed by atoms with Crippen LogP contribution >= 0.6 is 0 Å². The van der Waals surface area contributed by atoms with Gasteiger partial charge in [-0.1, -0.05) is 23.3 Å². The summed E-state index contributed by atoms with van der Waals surface area (Å²) in [6.45, 7) is 6.29. The van der Waals surface area contributed by atoms with E-state index in [1.165, 1.54) is 11.1 Å². The van der Waals surface area contributed by atoms with E-state index in [1.54, 1.807) is 0 Å². The third kappa shape index (κ3) is 4.91. The van der Waals surface area contributed by atoms with Gasteiger partial charge >= 0.3 is 0 Å². The lowest BCUT2D eigenvalue weighted by atomic mass is 9.93. The molecule has 0 fully saturated rings. The first-order valence-corrected chi connectivity index (χ1v) is 6.74. The summed E-state index contributed by atoms with van der Waals surface area (Å²) in [6.07, 6.45) is 8.99. The molecule has 100 valence electrons. The molecule has 0 unspecified atom stereocenters. The third-order valence-corrected chi connectivity index (χ3v) is 3.25. The van der Waals surface area contributed by atoms with Gasteiger partial charge in [-0.2, -0.15) is 0 Å². The van der Waals surface area contributed by atoms with Crippen LogP contribution in [0.5, 0.6) is 0 Å². The second-order valence-corrected chi connectivity index (χ2v) is 5.28. The summed E-state index contributed by atoms with van der Waals surface area (Å²) in [7, 11) is 0. The van der Waals surface area contributed by atoms with E-state index in [-0.39, 0.29) is 5.78 Å². The zero-order valence-corrected chi connectivity index (χ0v) is 11.8. The van der Waals surface area contributed by atoms with Crippen LogP contribution in [-0.2, 0) is 4.79 Å². The normalized spacial score (nSPS) is 17.1. The molecule has 0 aromatic rings. The Hall–Kier alpha value is -1.31. The lowest BCUT2D eigenvalue weighted by Crippen LogP contribution is -2.11. The van der Waals surface area contributed by atoms with Crippen molar-refractivity contribution in [3.8, 4) is 0 Å². The van der Waals surface area contributed by atoms with Gasteiger partial charge in [0.1, 0.15) is 0 Å². The Labute approximate surface area is 110 Å². The number of allylic oxidation sites excluding steroid dienone is 6. The molecule has 0 radical (unpaired) electrons. The van der Waals surface area contributed by atoms with Gasteiger partial charge < -0.3 is 5.11 Å². The standard InChI is InChI=1S/C16H24O2/c1-12(2)6-4-7-13(3)10-11-14-15(17)8-5-9-16(14)18/h6,10,17H,4-5,7-9,11H2,1-3H3/b13-10+. The van der Waals surface area contributed by atoms with Crippen LogP contribution < -0.4 is 0 Å². The molecule has 2 heteroatoms. The van der Waals surface area contributed by atoms with E-state index in [1.807, 2.05) is 0 Å². The van der Waals surface area contributed by atoms with Crippen molar-refractivity contribution in [1.82, 2.24) is 0 Å². The molecule has 18 heavy (non-hydrogen) atoms. The van der Waals surface area contributed by atoms with E-state index < -0.39 is 0 Å². The van der Waals surface area contributed by atoms with Gasteiger partial charge in [0.05, 0.1) is 5.76 Å². The highest BCUT2D eigenvalue weighted by Crippen LogP contribution is 2.23. The number of Topliss-reactive ketones (excluding diaryl/α,β-unsaturated/α-hetero) is 1. The topological polar surface area (TPSA) is 37.3 Å². The molecule has 2 nitrogen and oxygen atoms in total. The smallest absolute Gasteiger partial charge is 0.162 e. The van der Waals surface area contributed by atoms with Gasteiger partial charge in [0.25, 0.3) is 0 Å². The minimum atomic E-state index is 0.118. The van der Waals surface area contributed by atoms with Crippen molar-refractivity contribution in [1.29, 1.82) is 0 Å². The molecule has 0 saturated carbocycles. The Morgan fingerprint density at radius 3 is 2.56 bits per heavy atom. The van der Waals surface area contributed by atoms with Crippen LogP contribution in [0.15, 0.2) is 34.6 Å². The van der Waals surface area contributed by atoms with Crippen molar-refractivity contribution in [3.63, 3.8) is 0 Å². The summed E-state index contributed by atoms with van der Waals surface area (Å²) in [6, 6.07) is 0. The number of carbonyl (C=O) groups excluding carboxylic acids is 1. The van der Waals surface area contributed by atoms with Crippen molar-refractivity contribution in [2.45, 2.75) is 59.3 Å². The minimum Gasteiger partial charge on any atom is -0.512 e. The highest BCUT2D eigenvalue weighted by molar-refractivity contribution is 5.96. The minimum absolute atomic E-state index is 0.118. The zero-order chi connectivity index (χ0) is 13.5. The van der Waals surface area contributed by atoms with Gasteiger partial charge in [0.15, 0.2) is 5.78 Å². The highest BCUT2D eigenvalue weighted by Gasteiger charge is 2.18. The zero-order valence-electron chi connectivity index (χ0n) is 11.8. The largest absolute Gasteiger partial charge is 0.512 e. The number of rotatable bonds is 5. The van der Waals surface area contributed by atoms with Crippen molar-refractivity contribution in [3.05, 3.63) is 34.6 Å². The quantitative estimate of drug-likeness (QED) is 0.720. The Bertz CT molecular complexity index is 393. The molecule has 0 aromatic heterocycles. The molecule has 0 amide bonds. The number of carbonyl (C=O) groups is 1. The molecule has 0 spiro atoms. The number of ketones is 1. The summed E-state index contributed by atoms with van der Waals surface area (Å²) in [5.74, 6) is 0.423. The lowest BCUT2D eigenvalue weighted by molar-refractivity contribution is -0.116. The Morgan fingerprint density at radius 2 is 1.94 bits per heavy atom. The fourth-order valence-corrected chi connectivity index (χ4v) is 2.08. The van der Waals surface area contributed by atoms with Gasteiger partial charge in [0, 0.05) is 18.4 Å². The summed E-state index contributed by atoms with van der Waals surface area (Å²) < 4.78 is 0. The van der Waals surface area contributed by atoms with E-state index in [0.29, 0.717) is 30.6 Å². The molecule has 0 bridgehead atoms. The van der Waals surface area contributed by atoms with Crippen molar-refractivity contribution >= 4 is 5.78 Å².